The summed E-state index contributed by atoms with van der Waals surface area (Å²) in [5.41, 5.74) is -1.41. The highest BCUT2D eigenvalue weighted by molar-refractivity contribution is 5.78. The number of carboxylic acids is 1. The molecule has 1 aromatic rings. The molecule has 0 fully saturated rings. The Hall–Kier alpha value is -2.19. The first kappa shape index (κ1) is 21.8. The Labute approximate surface area is 142 Å². The molecule has 0 saturated heterocycles. The van der Waals surface area contributed by atoms with Crippen molar-refractivity contribution in [1.29, 1.82) is 0 Å². The Morgan fingerprint density at radius 3 is 1.67 bits per heavy atom. The summed E-state index contributed by atoms with van der Waals surface area (Å²) in [6.07, 6.45) is 0. The van der Waals surface area contributed by atoms with E-state index in [1.54, 1.807) is 30.3 Å². The largest absolute Gasteiger partial charge is 0.545 e. The van der Waals surface area contributed by atoms with E-state index >= 15 is 0 Å². The monoisotopic (exact) mass is 337 g/mol. The van der Waals surface area contributed by atoms with Gasteiger partial charge in [-0.15, -0.1) is 10.2 Å². The van der Waals surface area contributed by atoms with Gasteiger partial charge < -0.3 is 19.9 Å². The maximum atomic E-state index is 10.9. The van der Waals surface area contributed by atoms with Gasteiger partial charge in [0.15, 0.2) is 0 Å². The summed E-state index contributed by atoms with van der Waals surface area (Å²) in [6, 6.07) is 8.29. The van der Waals surface area contributed by atoms with Crippen molar-refractivity contribution in [3.05, 3.63) is 35.9 Å². The van der Waals surface area contributed by atoms with E-state index in [2.05, 4.69) is 48.4 Å². The number of hydrogen-bond donors (Lipinski definition) is 0. The summed E-state index contributed by atoms with van der Waals surface area (Å²) in [5.74, 6) is -1.44. The number of carbonyl (C=O) groups is 1. The quantitative estimate of drug-likeness (QED) is 0.730. The lowest BCUT2D eigenvalue weighted by atomic mass is 10.0. The lowest BCUT2D eigenvalue weighted by molar-refractivity contribution is -0.921. The third kappa shape index (κ3) is 4.65. The first-order valence-electron chi connectivity index (χ1n) is 7.96. The van der Waals surface area contributed by atoms with E-state index in [0.29, 0.717) is 5.56 Å². The molecule has 0 spiro atoms. The van der Waals surface area contributed by atoms with Gasteiger partial charge in [0.25, 0.3) is 5.66 Å². The van der Waals surface area contributed by atoms with Gasteiger partial charge in [0, 0.05) is 5.56 Å². The van der Waals surface area contributed by atoms with Crippen LogP contribution in [0, 0.1) is 0 Å². The van der Waals surface area contributed by atoms with Crippen molar-refractivity contribution >= 4 is 5.97 Å². The zero-order valence-electron chi connectivity index (χ0n) is 14.8. The van der Waals surface area contributed by atoms with Crippen LogP contribution >= 0.6 is 0 Å². The van der Waals surface area contributed by atoms with Crippen LogP contribution in [0.15, 0.2) is 51.0 Å². The van der Waals surface area contributed by atoms with Gasteiger partial charge in [-0.1, -0.05) is 30.3 Å². The van der Waals surface area contributed by atoms with Crippen molar-refractivity contribution in [2.24, 2.45) is 20.7 Å². The van der Waals surface area contributed by atoms with Crippen LogP contribution in [-0.2, 0) is 10.5 Å². The van der Waals surface area contributed by atoms with Crippen molar-refractivity contribution in [3.63, 3.8) is 0 Å². The summed E-state index contributed by atoms with van der Waals surface area (Å²) in [5, 5.41) is 24.2. The van der Waals surface area contributed by atoms with Crippen LogP contribution in [0.2, 0.25) is 0 Å². The molecule has 8 nitrogen and oxygen atoms in total. The second-order valence-corrected chi connectivity index (χ2v) is 5.31. The van der Waals surface area contributed by atoms with Gasteiger partial charge in [-0.05, 0) is 38.1 Å². The number of quaternary nitrogens is 1. The van der Waals surface area contributed by atoms with E-state index in [1.165, 1.54) is 30.7 Å². The van der Waals surface area contributed by atoms with Gasteiger partial charge in [0.1, 0.15) is 0 Å². The topological polar surface area (TPSA) is 121 Å². The molecular formula is C16H27N5O3. The molecule has 0 radical (unpaired) electrons. The Morgan fingerprint density at radius 1 is 0.958 bits per heavy atom. The van der Waals surface area contributed by atoms with Gasteiger partial charge in [-0.25, -0.2) is 0 Å². The summed E-state index contributed by atoms with van der Waals surface area (Å²) in [4.78, 5) is 10.9. The molecule has 0 atom stereocenters. The standard InChI is InChI=1S/C8H6N4O2.C8H20N.H2O/c13-7(14)8(9-11-12-10-8)6-4-2-1-3-5-6;1-5-9(6-2,7-3)8-4;/h1-5H,(H,13,14);5-8H2,1-4H3;1H2/q;+1;/p-1. The van der Waals surface area contributed by atoms with E-state index in [-0.39, 0.29) is 5.48 Å². The molecule has 0 bridgehead atoms. The molecule has 1 aliphatic heterocycles. The van der Waals surface area contributed by atoms with Gasteiger partial charge in [0.2, 0.25) is 0 Å². The molecule has 2 rings (SSSR count). The van der Waals surface area contributed by atoms with Crippen molar-refractivity contribution in [2.75, 3.05) is 26.2 Å². The Balaban J connectivity index is 0.000000468. The number of hydrogen-bond acceptors (Lipinski definition) is 6. The second kappa shape index (κ2) is 9.84. The number of carboxylic acid groups (broad SMARTS) is 1. The zero-order chi connectivity index (χ0) is 17.3. The maximum absolute atomic E-state index is 10.9. The predicted octanol–water partition coefficient (Wildman–Crippen LogP) is 1.48. The molecule has 1 heterocycles. The van der Waals surface area contributed by atoms with Gasteiger partial charge >= 0.3 is 0 Å². The Kier molecular flexibility index (Phi) is 8.94. The average molecular weight is 337 g/mol. The predicted molar refractivity (Wildman–Crippen MR) is 88.9 cm³/mol. The zero-order valence-corrected chi connectivity index (χ0v) is 14.8. The van der Waals surface area contributed by atoms with E-state index in [4.69, 9.17) is 0 Å². The molecule has 0 aliphatic carbocycles. The van der Waals surface area contributed by atoms with Crippen LogP contribution in [0.25, 0.3) is 0 Å². The third-order valence-corrected chi connectivity index (χ3v) is 4.56. The fourth-order valence-electron chi connectivity index (χ4n) is 2.52. The molecule has 0 amide bonds. The second-order valence-electron chi connectivity index (χ2n) is 5.31. The molecule has 2 N–H and O–H groups in total. The normalized spacial score (nSPS) is 14.5. The third-order valence-electron chi connectivity index (χ3n) is 4.56. The number of rotatable bonds is 6. The first-order valence-corrected chi connectivity index (χ1v) is 7.96. The number of carbonyl (C=O) groups excluding carboxylic acids is 1. The van der Waals surface area contributed by atoms with Crippen molar-refractivity contribution < 1.29 is 19.9 Å². The van der Waals surface area contributed by atoms with Crippen molar-refractivity contribution in [1.82, 2.24) is 0 Å². The molecule has 0 aromatic heterocycles. The molecule has 134 valence electrons. The molecule has 0 unspecified atom stereocenters. The van der Waals surface area contributed by atoms with Crippen LogP contribution in [0.4, 0.5) is 0 Å². The summed E-state index contributed by atoms with van der Waals surface area (Å²) < 4.78 is 1.28. The molecular weight excluding hydrogens is 310 g/mol. The summed E-state index contributed by atoms with van der Waals surface area (Å²) in [7, 11) is 0. The smallest absolute Gasteiger partial charge is 0.259 e. The minimum Gasteiger partial charge on any atom is -0.545 e. The highest BCUT2D eigenvalue weighted by atomic mass is 16.4. The summed E-state index contributed by atoms with van der Waals surface area (Å²) in [6.45, 7) is 14.2. The van der Waals surface area contributed by atoms with Crippen LogP contribution in [0.3, 0.4) is 0 Å². The van der Waals surface area contributed by atoms with Crippen LogP contribution < -0.4 is 5.11 Å². The maximum Gasteiger partial charge on any atom is 0.259 e. The number of benzene rings is 1. The van der Waals surface area contributed by atoms with Gasteiger partial charge in [0.05, 0.1) is 32.1 Å². The number of nitrogens with zero attached hydrogens (tertiary/aromatic N) is 5. The van der Waals surface area contributed by atoms with E-state index in [9.17, 15) is 9.90 Å². The minimum atomic E-state index is -1.79. The lowest BCUT2D eigenvalue weighted by Crippen LogP contribution is -2.47. The first-order chi connectivity index (χ1) is 11.0. The number of aliphatic carboxylic acids is 1. The molecule has 24 heavy (non-hydrogen) atoms. The average Bonchev–Trinajstić information content (AvgIpc) is 3.10. The van der Waals surface area contributed by atoms with Gasteiger partial charge in [-0.3, -0.25) is 0 Å². The highest BCUT2D eigenvalue weighted by Gasteiger charge is 2.37. The van der Waals surface area contributed by atoms with Gasteiger partial charge in [-0.2, -0.15) is 0 Å². The lowest BCUT2D eigenvalue weighted by Gasteiger charge is -2.34. The van der Waals surface area contributed by atoms with E-state index in [1.807, 2.05) is 0 Å². The fourth-order valence-corrected chi connectivity index (χ4v) is 2.52. The molecule has 1 aromatic carbocycles. The molecule has 0 saturated carbocycles. The molecule has 8 heteroatoms. The summed E-state index contributed by atoms with van der Waals surface area (Å²) >= 11 is 0. The minimum absolute atomic E-state index is 0. The Bertz CT molecular complexity index is 527. The van der Waals surface area contributed by atoms with Crippen LogP contribution in [0.1, 0.15) is 33.3 Å². The molecule has 1 aliphatic rings. The van der Waals surface area contributed by atoms with E-state index in [0.717, 1.165) is 0 Å². The van der Waals surface area contributed by atoms with Crippen molar-refractivity contribution in [3.8, 4) is 0 Å². The van der Waals surface area contributed by atoms with E-state index < -0.39 is 11.6 Å². The highest BCUT2D eigenvalue weighted by Crippen LogP contribution is 2.31. The fraction of sp³-hybridized carbons (Fsp3) is 0.562. The SMILES string of the molecule is CC[N+](CC)(CC)CC.O.O=C([O-])C1(c2ccccc2)N=NN=N1. The Morgan fingerprint density at radius 2 is 1.38 bits per heavy atom. The van der Waals surface area contributed by atoms with Crippen LogP contribution in [-0.4, -0.2) is 42.1 Å². The van der Waals surface area contributed by atoms with Crippen molar-refractivity contribution in [2.45, 2.75) is 33.4 Å². The van der Waals surface area contributed by atoms with Crippen LogP contribution in [0.5, 0.6) is 0 Å².